The van der Waals surface area contributed by atoms with E-state index < -0.39 is 30.4 Å². The van der Waals surface area contributed by atoms with Crippen molar-refractivity contribution in [3.05, 3.63) is 48.3 Å². The first kappa shape index (κ1) is 16.7. The minimum absolute atomic E-state index is 0.251. The van der Waals surface area contributed by atoms with E-state index in [9.17, 15) is 14.4 Å². The molecule has 11 heteroatoms. The minimum atomic E-state index is -1.01. The van der Waals surface area contributed by atoms with Gasteiger partial charge in [-0.25, -0.2) is 14.4 Å². The molecule has 11 nitrogen and oxygen atoms in total. The molecule has 0 radical (unpaired) electrons. The highest BCUT2D eigenvalue weighted by atomic mass is 16.3. The molecular weight excluding hydrogens is 320 g/mol. The number of carbonyl (C=O) groups is 3. The van der Waals surface area contributed by atoms with Crippen molar-refractivity contribution in [2.45, 2.75) is 12.3 Å². The van der Waals surface area contributed by atoms with Crippen molar-refractivity contribution in [3.8, 4) is 0 Å². The SMILES string of the molecule is NC(=O)NC(NC(=O)NC(NC(N)=O)c1ccco1)c1ccco1. The number of primary amides is 2. The van der Waals surface area contributed by atoms with E-state index in [4.69, 9.17) is 20.3 Å². The number of rotatable bonds is 6. The molecule has 0 saturated carbocycles. The van der Waals surface area contributed by atoms with Crippen LogP contribution in [0.1, 0.15) is 23.9 Å². The smallest absolute Gasteiger partial charge is 0.318 e. The molecule has 6 amide bonds. The summed E-state index contributed by atoms with van der Waals surface area (Å²) >= 11 is 0. The van der Waals surface area contributed by atoms with Crippen LogP contribution >= 0.6 is 0 Å². The molecule has 2 aromatic rings. The predicted molar refractivity (Wildman–Crippen MR) is 80.0 cm³/mol. The van der Waals surface area contributed by atoms with E-state index in [-0.39, 0.29) is 11.5 Å². The summed E-state index contributed by atoms with van der Waals surface area (Å²) in [5.74, 6) is 0.503. The zero-order chi connectivity index (χ0) is 17.5. The van der Waals surface area contributed by atoms with E-state index in [0.717, 1.165) is 0 Å². The average molecular weight is 336 g/mol. The molecule has 0 spiro atoms. The fourth-order valence-corrected chi connectivity index (χ4v) is 1.86. The quantitative estimate of drug-likeness (QED) is 0.412. The van der Waals surface area contributed by atoms with Crippen molar-refractivity contribution in [1.82, 2.24) is 21.3 Å². The molecule has 0 bridgehead atoms. The van der Waals surface area contributed by atoms with E-state index in [1.807, 2.05) is 0 Å². The fourth-order valence-electron chi connectivity index (χ4n) is 1.86. The highest BCUT2D eigenvalue weighted by Gasteiger charge is 2.22. The number of nitrogens with two attached hydrogens (primary N) is 2. The van der Waals surface area contributed by atoms with E-state index in [2.05, 4.69) is 21.3 Å². The van der Waals surface area contributed by atoms with E-state index in [0.29, 0.717) is 0 Å². The maximum atomic E-state index is 12.1. The summed E-state index contributed by atoms with van der Waals surface area (Å²) in [5.41, 5.74) is 10.1. The largest absolute Gasteiger partial charge is 0.465 e. The molecular formula is C13H16N6O5. The lowest BCUT2D eigenvalue weighted by molar-refractivity contribution is 0.217. The average Bonchev–Trinajstić information content (AvgIpc) is 3.18. The third-order valence-corrected chi connectivity index (χ3v) is 2.78. The molecule has 0 aliphatic heterocycles. The van der Waals surface area contributed by atoms with Crippen LogP contribution in [0.2, 0.25) is 0 Å². The van der Waals surface area contributed by atoms with Crippen LogP contribution < -0.4 is 32.7 Å². The van der Waals surface area contributed by atoms with Crippen LogP contribution in [0, 0.1) is 0 Å². The van der Waals surface area contributed by atoms with Crippen molar-refractivity contribution in [1.29, 1.82) is 0 Å². The van der Waals surface area contributed by atoms with Crippen molar-refractivity contribution in [2.24, 2.45) is 11.5 Å². The summed E-state index contributed by atoms with van der Waals surface area (Å²) < 4.78 is 10.2. The predicted octanol–water partition coefficient (Wildman–Crippen LogP) is 0.206. The van der Waals surface area contributed by atoms with Crippen LogP contribution in [-0.2, 0) is 0 Å². The fraction of sp³-hybridized carbons (Fsp3) is 0.154. The van der Waals surface area contributed by atoms with Gasteiger partial charge < -0.3 is 41.6 Å². The normalized spacial score (nSPS) is 12.7. The lowest BCUT2D eigenvalue weighted by Crippen LogP contribution is -2.50. The molecule has 0 fully saturated rings. The number of nitrogens with one attached hydrogen (secondary N) is 4. The number of furan rings is 2. The zero-order valence-corrected chi connectivity index (χ0v) is 12.3. The summed E-state index contributed by atoms with van der Waals surface area (Å²) in [7, 11) is 0. The lowest BCUT2D eigenvalue weighted by atomic mass is 10.3. The Balaban J connectivity index is 2.05. The third kappa shape index (κ3) is 4.69. The van der Waals surface area contributed by atoms with Gasteiger partial charge in [0.25, 0.3) is 0 Å². The Kier molecular flexibility index (Phi) is 5.28. The molecule has 0 aliphatic rings. The summed E-state index contributed by atoms with van der Waals surface area (Å²) in [6.45, 7) is 0. The summed E-state index contributed by atoms with van der Waals surface area (Å²) in [5, 5.41) is 9.45. The van der Waals surface area contributed by atoms with Gasteiger partial charge in [-0.1, -0.05) is 0 Å². The highest BCUT2D eigenvalue weighted by molar-refractivity contribution is 5.78. The van der Waals surface area contributed by atoms with Crippen molar-refractivity contribution in [2.75, 3.05) is 0 Å². The monoisotopic (exact) mass is 336 g/mol. The van der Waals surface area contributed by atoms with Gasteiger partial charge in [0.05, 0.1) is 12.5 Å². The van der Waals surface area contributed by atoms with E-state index >= 15 is 0 Å². The Morgan fingerprint density at radius 3 is 1.50 bits per heavy atom. The molecule has 2 heterocycles. The molecule has 24 heavy (non-hydrogen) atoms. The number of amides is 6. The van der Waals surface area contributed by atoms with Crippen LogP contribution in [0.3, 0.4) is 0 Å². The Hall–Kier alpha value is -3.63. The Morgan fingerprint density at radius 1 is 0.792 bits per heavy atom. The van der Waals surface area contributed by atoms with Crippen molar-refractivity contribution in [3.63, 3.8) is 0 Å². The number of hydrogen-bond donors (Lipinski definition) is 6. The summed E-state index contributed by atoms with van der Waals surface area (Å²) in [6, 6.07) is 3.74. The summed E-state index contributed by atoms with van der Waals surface area (Å²) in [6.07, 6.45) is 0.710. The summed E-state index contributed by atoms with van der Waals surface area (Å²) in [4.78, 5) is 34.2. The van der Waals surface area contributed by atoms with E-state index in [1.165, 1.54) is 24.7 Å². The molecule has 0 saturated heterocycles. The molecule has 2 aromatic heterocycles. The first-order valence-electron chi connectivity index (χ1n) is 6.71. The molecule has 2 unspecified atom stereocenters. The van der Waals surface area contributed by atoms with Gasteiger partial charge in [0.1, 0.15) is 11.5 Å². The van der Waals surface area contributed by atoms with Gasteiger partial charge >= 0.3 is 18.1 Å². The lowest BCUT2D eigenvalue weighted by Gasteiger charge is -2.21. The van der Waals surface area contributed by atoms with Crippen molar-refractivity contribution >= 4 is 18.1 Å². The Bertz CT molecular complexity index is 626. The standard InChI is InChI=1S/C13H16N6O5/c14-11(20)16-9(7-3-1-5-23-7)18-13(22)19-10(17-12(15)21)8-4-2-6-24-8/h1-6,9-10H,(H3,14,16,20)(H3,15,17,21)(H2,18,19,22). The van der Waals surface area contributed by atoms with Gasteiger partial charge in [-0.15, -0.1) is 0 Å². The van der Waals surface area contributed by atoms with E-state index in [1.54, 1.807) is 12.1 Å². The maximum absolute atomic E-state index is 12.1. The second-order valence-electron chi connectivity index (χ2n) is 4.53. The van der Waals surface area contributed by atoms with Crippen LogP contribution in [-0.4, -0.2) is 18.1 Å². The molecule has 128 valence electrons. The zero-order valence-electron chi connectivity index (χ0n) is 12.3. The van der Waals surface area contributed by atoms with Crippen LogP contribution in [0.25, 0.3) is 0 Å². The topological polar surface area (TPSA) is 178 Å². The second kappa shape index (κ2) is 7.58. The van der Waals surface area contributed by atoms with Crippen LogP contribution in [0.4, 0.5) is 14.4 Å². The number of urea groups is 3. The van der Waals surface area contributed by atoms with Gasteiger partial charge in [-0.3, -0.25) is 0 Å². The molecule has 8 N–H and O–H groups in total. The minimum Gasteiger partial charge on any atom is -0.465 e. The molecule has 2 atom stereocenters. The molecule has 0 aromatic carbocycles. The van der Waals surface area contributed by atoms with Crippen LogP contribution in [0.5, 0.6) is 0 Å². The van der Waals surface area contributed by atoms with Gasteiger partial charge in [0.2, 0.25) is 0 Å². The van der Waals surface area contributed by atoms with Gasteiger partial charge in [0.15, 0.2) is 12.3 Å². The molecule has 2 rings (SSSR count). The molecule has 0 aliphatic carbocycles. The third-order valence-electron chi connectivity index (χ3n) is 2.78. The van der Waals surface area contributed by atoms with Gasteiger partial charge in [-0.2, -0.15) is 0 Å². The Labute approximate surface area is 135 Å². The maximum Gasteiger partial charge on any atom is 0.318 e. The number of hydrogen-bond acceptors (Lipinski definition) is 5. The highest BCUT2D eigenvalue weighted by Crippen LogP contribution is 2.12. The first-order valence-corrected chi connectivity index (χ1v) is 6.71. The Morgan fingerprint density at radius 2 is 1.21 bits per heavy atom. The second-order valence-corrected chi connectivity index (χ2v) is 4.53. The van der Waals surface area contributed by atoms with Crippen LogP contribution in [0.15, 0.2) is 45.6 Å². The van der Waals surface area contributed by atoms with Crippen molar-refractivity contribution < 1.29 is 23.2 Å². The van der Waals surface area contributed by atoms with Gasteiger partial charge in [-0.05, 0) is 24.3 Å². The van der Waals surface area contributed by atoms with Gasteiger partial charge in [0, 0.05) is 0 Å². The number of carbonyl (C=O) groups excluding carboxylic acids is 3. The first-order chi connectivity index (χ1) is 11.5.